The third-order valence-electron chi connectivity index (χ3n) is 3.40. The van der Waals surface area contributed by atoms with E-state index in [1.165, 1.54) is 10.6 Å². The summed E-state index contributed by atoms with van der Waals surface area (Å²) in [6.07, 6.45) is 3.07. The molecule has 0 aliphatic heterocycles. The van der Waals surface area contributed by atoms with Crippen molar-refractivity contribution in [3.8, 4) is 5.75 Å². The summed E-state index contributed by atoms with van der Waals surface area (Å²) in [5.74, 6) is 0.391. The maximum absolute atomic E-state index is 12.1. The molecule has 22 heavy (non-hydrogen) atoms. The number of anilines is 1. The van der Waals surface area contributed by atoms with Crippen LogP contribution in [0.5, 0.6) is 5.75 Å². The normalized spacial score (nSPS) is 14.9. The molecule has 0 bridgehead atoms. The molecule has 1 aromatic carbocycles. The molecule has 0 radical (unpaired) electrons. The van der Waals surface area contributed by atoms with Gasteiger partial charge >= 0.3 is 0 Å². The van der Waals surface area contributed by atoms with Gasteiger partial charge in [-0.1, -0.05) is 12.1 Å². The Kier molecular flexibility index (Phi) is 5.42. The average Bonchev–Trinajstić information content (AvgIpc) is 3.24. The summed E-state index contributed by atoms with van der Waals surface area (Å²) in [4.78, 5) is 12.1. The highest BCUT2D eigenvalue weighted by Crippen LogP contribution is 2.29. The van der Waals surface area contributed by atoms with Gasteiger partial charge in [-0.05, 0) is 31.9 Å². The fourth-order valence-electron chi connectivity index (χ4n) is 2.26. The lowest BCUT2D eigenvalue weighted by Gasteiger charge is -2.19. The number of carbonyl (C=O) groups excluding carboxylic acids is 1. The lowest BCUT2D eigenvalue weighted by atomic mass is 10.2. The van der Waals surface area contributed by atoms with Crippen LogP contribution in [0.2, 0.25) is 0 Å². The maximum Gasteiger partial charge on any atom is 0.225 e. The van der Waals surface area contributed by atoms with Gasteiger partial charge in [-0.3, -0.25) is 4.79 Å². The van der Waals surface area contributed by atoms with Gasteiger partial charge < -0.3 is 10.1 Å². The SMILES string of the molecule is CCOc1ccccc1NC(=O)CCN(C1CC1)S(C)(=O)=O. The minimum atomic E-state index is -3.26. The Morgan fingerprint density at radius 3 is 2.64 bits per heavy atom. The molecular formula is C15H22N2O4S. The molecule has 122 valence electrons. The molecule has 1 aliphatic rings. The third-order valence-corrected chi connectivity index (χ3v) is 4.73. The van der Waals surface area contributed by atoms with Crippen molar-refractivity contribution >= 4 is 21.6 Å². The van der Waals surface area contributed by atoms with Gasteiger partial charge in [0.2, 0.25) is 15.9 Å². The first kappa shape index (κ1) is 16.8. The Labute approximate surface area is 131 Å². The van der Waals surface area contributed by atoms with Crippen LogP contribution in [0.1, 0.15) is 26.2 Å². The predicted octanol–water partition coefficient (Wildman–Crippen LogP) is 1.84. The molecule has 0 heterocycles. The van der Waals surface area contributed by atoms with Crippen LogP contribution in [0, 0.1) is 0 Å². The van der Waals surface area contributed by atoms with Crippen LogP contribution in [0.15, 0.2) is 24.3 Å². The highest BCUT2D eigenvalue weighted by Gasteiger charge is 2.34. The van der Waals surface area contributed by atoms with E-state index in [1.54, 1.807) is 12.1 Å². The summed E-state index contributed by atoms with van der Waals surface area (Å²) in [5.41, 5.74) is 0.603. The minimum Gasteiger partial charge on any atom is -0.492 e. The Hall–Kier alpha value is -1.60. The quantitative estimate of drug-likeness (QED) is 0.791. The molecule has 1 amide bonds. The number of ether oxygens (including phenoxy) is 1. The molecule has 1 aromatic rings. The van der Waals surface area contributed by atoms with Crippen molar-refractivity contribution in [2.45, 2.75) is 32.2 Å². The number of amides is 1. The molecule has 0 unspecified atom stereocenters. The van der Waals surface area contributed by atoms with Crippen LogP contribution in [-0.2, 0) is 14.8 Å². The second-order valence-corrected chi connectivity index (χ2v) is 7.27. The number of hydrogen-bond donors (Lipinski definition) is 1. The zero-order chi connectivity index (χ0) is 16.2. The first-order chi connectivity index (χ1) is 10.4. The summed E-state index contributed by atoms with van der Waals surface area (Å²) >= 11 is 0. The van der Waals surface area contributed by atoms with E-state index in [4.69, 9.17) is 4.74 Å². The monoisotopic (exact) mass is 326 g/mol. The lowest BCUT2D eigenvalue weighted by molar-refractivity contribution is -0.116. The topological polar surface area (TPSA) is 75.7 Å². The number of para-hydroxylation sites is 2. The van der Waals surface area contributed by atoms with Crippen molar-refractivity contribution in [2.75, 3.05) is 24.7 Å². The fraction of sp³-hybridized carbons (Fsp3) is 0.533. The highest BCUT2D eigenvalue weighted by molar-refractivity contribution is 7.88. The van der Waals surface area contributed by atoms with E-state index >= 15 is 0 Å². The Morgan fingerprint density at radius 1 is 1.36 bits per heavy atom. The van der Waals surface area contributed by atoms with Gasteiger partial charge in [0.25, 0.3) is 0 Å². The Bertz CT molecular complexity index is 626. The number of sulfonamides is 1. The smallest absolute Gasteiger partial charge is 0.225 e. The van der Waals surface area contributed by atoms with Gasteiger partial charge in [0.1, 0.15) is 5.75 Å². The number of carbonyl (C=O) groups is 1. The zero-order valence-corrected chi connectivity index (χ0v) is 13.7. The van der Waals surface area contributed by atoms with Gasteiger partial charge in [0.05, 0.1) is 18.6 Å². The van der Waals surface area contributed by atoms with Gasteiger partial charge in [-0.25, -0.2) is 8.42 Å². The molecule has 1 N–H and O–H groups in total. The molecule has 1 saturated carbocycles. The Balaban J connectivity index is 1.93. The number of nitrogens with one attached hydrogen (secondary N) is 1. The zero-order valence-electron chi connectivity index (χ0n) is 12.9. The summed E-state index contributed by atoms with van der Waals surface area (Å²) in [7, 11) is -3.26. The first-order valence-electron chi connectivity index (χ1n) is 7.40. The summed E-state index contributed by atoms with van der Waals surface area (Å²) < 4.78 is 30.3. The largest absolute Gasteiger partial charge is 0.492 e. The van der Waals surface area contributed by atoms with Crippen LogP contribution in [0.4, 0.5) is 5.69 Å². The molecule has 1 fully saturated rings. The summed E-state index contributed by atoms with van der Waals surface area (Å²) in [5, 5.41) is 2.78. The first-order valence-corrected chi connectivity index (χ1v) is 9.25. The van der Waals surface area contributed by atoms with Crippen LogP contribution in [0.3, 0.4) is 0 Å². The molecule has 2 rings (SSSR count). The molecule has 0 atom stereocenters. The van der Waals surface area contributed by atoms with Crippen molar-refractivity contribution in [3.63, 3.8) is 0 Å². The molecule has 0 aromatic heterocycles. The average molecular weight is 326 g/mol. The van der Waals surface area contributed by atoms with E-state index in [-0.39, 0.29) is 24.9 Å². The van der Waals surface area contributed by atoms with E-state index in [2.05, 4.69) is 5.32 Å². The number of rotatable bonds is 8. The van der Waals surface area contributed by atoms with Crippen molar-refractivity contribution in [1.82, 2.24) is 4.31 Å². The number of hydrogen-bond acceptors (Lipinski definition) is 4. The van der Waals surface area contributed by atoms with Gasteiger partial charge in [0.15, 0.2) is 0 Å². The molecule has 6 nitrogen and oxygen atoms in total. The van der Waals surface area contributed by atoms with Gasteiger partial charge in [-0.2, -0.15) is 4.31 Å². The van der Waals surface area contributed by atoms with E-state index in [1.807, 2.05) is 19.1 Å². The predicted molar refractivity (Wildman–Crippen MR) is 85.4 cm³/mol. The summed E-state index contributed by atoms with van der Waals surface area (Å²) in [6, 6.07) is 7.26. The Morgan fingerprint density at radius 2 is 2.05 bits per heavy atom. The summed E-state index contributed by atoms with van der Waals surface area (Å²) in [6.45, 7) is 2.60. The molecular weight excluding hydrogens is 304 g/mol. The second kappa shape index (κ2) is 7.11. The highest BCUT2D eigenvalue weighted by atomic mass is 32.2. The van der Waals surface area contributed by atoms with Crippen molar-refractivity contribution in [1.29, 1.82) is 0 Å². The van der Waals surface area contributed by atoms with E-state index in [9.17, 15) is 13.2 Å². The van der Waals surface area contributed by atoms with Gasteiger partial charge in [0, 0.05) is 19.0 Å². The van der Waals surface area contributed by atoms with Crippen molar-refractivity contribution in [3.05, 3.63) is 24.3 Å². The number of nitrogens with zero attached hydrogens (tertiary/aromatic N) is 1. The van der Waals surface area contributed by atoms with Crippen molar-refractivity contribution < 1.29 is 17.9 Å². The van der Waals surface area contributed by atoms with Crippen LogP contribution >= 0.6 is 0 Å². The lowest BCUT2D eigenvalue weighted by Crippen LogP contribution is -2.34. The van der Waals surface area contributed by atoms with Crippen LogP contribution in [-0.4, -0.2) is 44.1 Å². The number of benzene rings is 1. The van der Waals surface area contributed by atoms with E-state index in [0.29, 0.717) is 18.0 Å². The molecule has 1 aliphatic carbocycles. The second-order valence-electron chi connectivity index (χ2n) is 5.33. The minimum absolute atomic E-state index is 0.0681. The standard InChI is InChI=1S/C15H22N2O4S/c1-3-21-14-7-5-4-6-13(14)16-15(18)10-11-17(12-8-9-12)22(2,19)20/h4-7,12H,3,8-11H2,1-2H3,(H,16,18). The fourth-order valence-corrected chi connectivity index (χ4v) is 3.43. The molecule has 0 saturated heterocycles. The maximum atomic E-state index is 12.1. The van der Waals surface area contributed by atoms with Crippen LogP contribution in [0.25, 0.3) is 0 Å². The van der Waals surface area contributed by atoms with E-state index in [0.717, 1.165) is 12.8 Å². The molecule has 7 heteroatoms. The molecule has 0 spiro atoms. The van der Waals surface area contributed by atoms with Gasteiger partial charge in [-0.15, -0.1) is 0 Å². The van der Waals surface area contributed by atoms with Crippen LogP contribution < -0.4 is 10.1 Å². The van der Waals surface area contributed by atoms with Crippen molar-refractivity contribution in [2.24, 2.45) is 0 Å². The third kappa shape index (κ3) is 4.71. The van der Waals surface area contributed by atoms with E-state index < -0.39 is 10.0 Å².